The Hall–Kier alpha value is 0.200. The first kappa shape index (κ1) is 15.3. The molecular formula is C12H24ClNO2S. The number of nitrogens with one attached hydrogen (secondary N) is 1. The molecule has 2 atom stereocenters. The third-order valence-electron chi connectivity index (χ3n) is 3.49. The monoisotopic (exact) mass is 281 g/mol. The van der Waals surface area contributed by atoms with E-state index in [4.69, 9.17) is 11.6 Å². The van der Waals surface area contributed by atoms with E-state index in [1.54, 1.807) is 0 Å². The summed E-state index contributed by atoms with van der Waals surface area (Å²) in [5.74, 6) is 1.21. The standard InChI is InChI=1S/C12H24ClNO2S/c1-11-7-3-2-4-8-12(11)14-17(15,16)10-6-5-9-13/h11-12,14H,2-10H2,1H3. The summed E-state index contributed by atoms with van der Waals surface area (Å²) in [7, 11) is -3.11. The van der Waals surface area contributed by atoms with Gasteiger partial charge >= 0.3 is 0 Å². The molecule has 1 rings (SSSR count). The van der Waals surface area contributed by atoms with Crippen LogP contribution in [0.5, 0.6) is 0 Å². The van der Waals surface area contributed by atoms with Crippen LogP contribution in [0.3, 0.4) is 0 Å². The van der Waals surface area contributed by atoms with Crippen molar-refractivity contribution in [3.05, 3.63) is 0 Å². The van der Waals surface area contributed by atoms with Crippen molar-refractivity contribution in [1.29, 1.82) is 0 Å². The maximum Gasteiger partial charge on any atom is 0.211 e. The predicted molar refractivity (Wildman–Crippen MR) is 72.9 cm³/mol. The lowest BCUT2D eigenvalue weighted by Crippen LogP contribution is -2.40. The summed E-state index contributed by atoms with van der Waals surface area (Å²) in [6, 6.07) is 0.138. The van der Waals surface area contributed by atoms with E-state index in [0.29, 0.717) is 18.2 Å². The van der Waals surface area contributed by atoms with Crippen LogP contribution in [0, 0.1) is 5.92 Å². The Bertz CT molecular complexity index is 306. The van der Waals surface area contributed by atoms with E-state index in [-0.39, 0.29) is 11.8 Å². The summed E-state index contributed by atoms with van der Waals surface area (Å²) >= 11 is 5.55. The SMILES string of the molecule is CC1CCCCCC1NS(=O)(=O)CCCCCl. The zero-order valence-electron chi connectivity index (χ0n) is 10.6. The van der Waals surface area contributed by atoms with Crippen molar-refractivity contribution in [2.45, 2.75) is 57.9 Å². The predicted octanol–water partition coefficient (Wildman–Crippen LogP) is 2.89. The molecule has 0 aliphatic heterocycles. The first-order valence-corrected chi connectivity index (χ1v) is 8.80. The van der Waals surface area contributed by atoms with E-state index in [9.17, 15) is 8.42 Å². The molecule has 3 nitrogen and oxygen atoms in total. The molecule has 0 aromatic rings. The van der Waals surface area contributed by atoms with Gasteiger partial charge in [-0.25, -0.2) is 13.1 Å². The Kier molecular flexibility index (Phi) is 6.82. The lowest BCUT2D eigenvalue weighted by atomic mass is 9.98. The van der Waals surface area contributed by atoms with Crippen LogP contribution in [0.1, 0.15) is 51.9 Å². The van der Waals surface area contributed by atoms with Crippen molar-refractivity contribution in [1.82, 2.24) is 4.72 Å². The molecule has 1 N–H and O–H groups in total. The highest BCUT2D eigenvalue weighted by Gasteiger charge is 2.24. The zero-order valence-corrected chi connectivity index (χ0v) is 12.2. The van der Waals surface area contributed by atoms with Gasteiger partial charge in [-0.3, -0.25) is 0 Å². The number of alkyl halides is 1. The summed E-state index contributed by atoms with van der Waals surface area (Å²) in [5, 5.41) is 0. The van der Waals surface area contributed by atoms with Crippen LogP contribution in [0.15, 0.2) is 0 Å². The van der Waals surface area contributed by atoms with Crippen molar-refractivity contribution in [3.63, 3.8) is 0 Å². The van der Waals surface area contributed by atoms with Gasteiger partial charge in [0.25, 0.3) is 0 Å². The quantitative estimate of drug-likeness (QED) is 0.462. The molecule has 0 saturated heterocycles. The van der Waals surface area contributed by atoms with Gasteiger partial charge in [0, 0.05) is 11.9 Å². The molecular weight excluding hydrogens is 258 g/mol. The van der Waals surface area contributed by atoms with Crippen LogP contribution in [0.4, 0.5) is 0 Å². The molecule has 0 heterocycles. The van der Waals surface area contributed by atoms with Gasteiger partial charge in [0.15, 0.2) is 0 Å². The highest BCUT2D eigenvalue weighted by molar-refractivity contribution is 7.89. The largest absolute Gasteiger partial charge is 0.212 e. The van der Waals surface area contributed by atoms with E-state index in [1.165, 1.54) is 12.8 Å². The second kappa shape index (κ2) is 7.59. The Morgan fingerprint density at radius 2 is 1.88 bits per heavy atom. The summed E-state index contributed by atoms with van der Waals surface area (Å²) in [6.45, 7) is 2.15. The Morgan fingerprint density at radius 3 is 2.59 bits per heavy atom. The van der Waals surface area contributed by atoms with Crippen LogP contribution in [0.2, 0.25) is 0 Å². The van der Waals surface area contributed by atoms with Gasteiger partial charge in [0.05, 0.1) is 5.75 Å². The smallest absolute Gasteiger partial charge is 0.211 e. The summed E-state index contributed by atoms with van der Waals surface area (Å²) in [5.41, 5.74) is 0. The highest BCUT2D eigenvalue weighted by Crippen LogP contribution is 2.23. The summed E-state index contributed by atoms with van der Waals surface area (Å²) in [4.78, 5) is 0. The van der Waals surface area contributed by atoms with Crippen molar-refractivity contribution in [3.8, 4) is 0 Å². The molecule has 102 valence electrons. The second-order valence-corrected chi connectivity index (χ2v) is 7.31. The Morgan fingerprint density at radius 1 is 1.18 bits per heavy atom. The summed E-state index contributed by atoms with van der Waals surface area (Å²) < 4.78 is 26.6. The zero-order chi connectivity index (χ0) is 12.7. The number of hydrogen-bond acceptors (Lipinski definition) is 2. The molecule has 0 bridgehead atoms. The minimum atomic E-state index is -3.11. The molecule has 5 heteroatoms. The number of halogens is 1. The molecule has 0 aromatic carbocycles. The maximum atomic E-state index is 11.9. The Labute approximate surface area is 110 Å². The van der Waals surface area contributed by atoms with Crippen LogP contribution in [0.25, 0.3) is 0 Å². The third-order valence-corrected chi connectivity index (χ3v) is 5.24. The van der Waals surface area contributed by atoms with E-state index in [1.807, 2.05) is 0 Å². The van der Waals surface area contributed by atoms with Gasteiger partial charge in [0.1, 0.15) is 0 Å². The van der Waals surface area contributed by atoms with E-state index < -0.39 is 10.0 Å². The van der Waals surface area contributed by atoms with Gasteiger partial charge in [-0.05, 0) is 31.6 Å². The van der Waals surface area contributed by atoms with Crippen LogP contribution < -0.4 is 4.72 Å². The fourth-order valence-corrected chi connectivity index (χ4v) is 4.05. The van der Waals surface area contributed by atoms with Gasteiger partial charge < -0.3 is 0 Å². The molecule has 1 aliphatic carbocycles. The third kappa shape index (κ3) is 6.07. The highest BCUT2D eigenvalue weighted by atomic mass is 35.5. The van der Waals surface area contributed by atoms with Crippen LogP contribution in [-0.4, -0.2) is 26.1 Å². The molecule has 1 aliphatic rings. The average molecular weight is 282 g/mol. The van der Waals surface area contributed by atoms with E-state index in [2.05, 4.69) is 11.6 Å². The van der Waals surface area contributed by atoms with Crippen molar-refractivity contribution in [2.75, 3.05) is 11.6 Å². The molecule has 1 fully saturated rings. The number of hydrogen-bond donors (Lipinski definition) is 1. The van der Waals surface area contributed by atoms with E-state index in [0.717, 1.165) is 25.7 Å². The first-order chi connectivity index (χ1) is 8.05. The van der Waals surface area contributed by atoms with Gasteiger partial charge in [-0.15, -0.1) is 11.6 Å². The molecule has 0 amide bonds. The van der Waals surface area contributed by atoms with Gasteiger partial charge in [0.2, 0.25) is 10.0 Å². The average Bonchev–Trinajstić information content (AvgIpc) is 2.44. The second-order valence-electron chi connectivity index (χ2n) is 5.05. The number of unbranched alkanes of at least 4 members (excludes halogenated alkanes) is 1. The maximum absolute atomic E-state index is 11.9. The van der Waals surface area contributed by atoms with E-state index >= 15 is 0 Å². The molecule has 2 unspecified atom stereocenters. The topological polar surface area (TPSA) is 46.2 Å². The normalized spacial score (nSPS) is 26.7. The van der Waals surface area contributed by atoms with Crippen LogP contribution in [-0.2, 0) is 10.0 Å². The minimum Gasteiger partial charge on any atom is -0.212 e. The van der Waals surface area contributed by atoms with Gasteiger partial charge in [-0.2, -0.15) is 0 Å². The molecule has 0 spiro atoms. The van der Waals surface area contributed by atoms with Crippen molar-refractivity contribution < 1.29 is 8.42 Å². The molecule has 0 aromatic heterocycles. The number of rotatable bonds is 6. The Balaban J connectivity index is 2.44. The fraction of sp³-hybridized carbons (Fsp3) is 1.00. The van der Waals surface area contributed by atoms with Crippen molar-refractivity contribution in [2.24, 2.45) is 5.92 Å². The van der Waals surface area contributed by atoms with Crippen LogP contribution >= 0.6 is 11.6 Å². The first-order valence-electron chi connectivity index (χ1n) is 6.61. The lowest BCUT2D eigenvalue weighted by molar-refractivity contribution is 0.399. The summed E-state index contributed by atoms with van der Waals surface area (Å²) in [6.07, 6.45) is 7.13. The number of sulfonamides is 1. The van der Waals surface area contributed by atoms with Gasteiger partial charge in [-0.1, -0.05) is 26.2 Å². The van der Waals surface area contributed by atoms with Crippen molar-refractivity contribution >= 4 is 21.6 Å². The fourth-order valence-electron chi connectivity index (χ4n) is 2.34. The molecule has 1 saturated carbocycles. The molecule has 17 heavy (non-hydrogen) atoms. The lowest BCUT2D eigenvalue weighted by Gasteiger charge is -2.22. The minimum absolute atomic E-state index is 0.138. The molecule has 0 radical (unpaired) electrons.